The highest BCUT2D eigenvalue weighted by molar-refractivity contribution is 7.99. The summed E-state index contributed by atoms with van der Waals surface area (Å²) in [5.74, 6) is 1.04. The summed E-state index contributed by atoms with van der Waals surface area (Å²) >= 11 is 1.71. The lowest BCUT2D eigenvalue weighted by molar-refractivity contribution is 0.588. The van der Waals surface area contributed by atoms with Gasteiger partial charge in [-0.25, -0.2) is 0 Å². The third kappa shape index (κ3) is 3.91. The van der Waals surface area contributed by atoms with Crippen molar-refractivity contribution in [1.29, 1.82) is 0 Å². The Balaban J connectivity index is 2.98. The fourth-order valence-corrected chi connectivity index (χ4v) is 3.02. The summed E-state index contributed by atoms with van der Waals surface area (Å²) in [6.45, 7) is 9.34. The van der Waals surface area contributed by atoms with Gasteiger partial charge in [0.1, 0.15) is 0 Å². The standard InChI is InChI=1S/C15H25NOS/c1-5-7-9-16-13(4)12(3)11-14(15(16)17)18-10-8-6-2/h11H,5-10H2,1-4H3. The minimum absolute atomic E-state index is 0.202. The van der Waals surface area contributed by atoms with Gasteiger partial charge in [0.05, 0.1) is 4.90 Å². The summed E-state index contributed by atoms with van der Waals surface area (Å²) in [7, 11) is 0. The van der Waals surface area contributed by atoms with Crippen LogP contribution >= 0.6 is 11.8 Å². The molecule has 0 fully saturated rings. The lowest BCUT2D eigenvalue weighted by Gasteiger charge is -2.14. The van der Waals surface area contributed by atoms with Gasteiger partial charge in [-0.15, -0.1) is 11.8 Å². The Bertz CT molecular complexity index is 437. The lowest BCUT2D eigenvalue weighted by atomic mass is 10.2. The third-order valence-corrected chi connectivity index (χ3v) is 4.37. The summed E-state index contributed by atoms with van der Waals surface area (Å²) in [5.41, 5.74) is 2.55. The van der Waals surface area contributed by atoms with Crippen LogP contribution in [0.2, 0.25) is 0 Å². The van der Waals surface area contributed by atoms with Crippen LogP contribution in [0.1, 0.15) is 50.8 Å². The molecule has 2 nitrogen and oxygen atoms in total. The topological polar surface area (TPSA) is 22.0 Å². The molecule has 0 N–H and O–H groups in total. The number of pyridine rings is 1. The Morgan fingerprint density at radius 1 is 1.17 bits per heavy atom. The van der Waals surface area contributed by atoms with Gasteiger partial charge in [-0.05, 0) is 44.1 Å². The van der Waals surface area contributed by atoms with Crippen LogP contribution in [0.4, 0.5) is 0 Å². The minimum atomic E-state index is 0.202. The number of nitrogens with zero attached hydrogens (tertiary/aromatic N) is 1. The van der Waals surface area contributed by atoms with Crippen LogP contribution in [0.15, 0.2) is 15.8 Å². The largest absolute Gasteiger partial charge is 0.312 e. The van der Waals surface area contributed by atoms with Crippen molar-refractivity contribution in [2.45, 2.75) is 64.8 Å². The molecule has 1 aromatic heterocycles. The Hall–Kier alpha value is -0.700. The molecule has 0 atom stereocenters. The Morgan fingerprint density at radius 2 is 1.83 bits per heavy atom. The van der Waals surface area contributed by atoms with E-state index >= 15 is 0 Å². The molecule has 1 aromatic rings. The molecule has 0 unspecified atom stereocenters. The first-order chi connectivity index (χ1) is 8.61. The average molecular weight is 267 g/mol. The van der Waals surface area contributed by atoms with Crippen LogP contribution in [0.3, 0.4) is 0 Å². The molecule has 0 aromatic carbocycles. The maximum Gasteiger partial charge on any atom is 0.264 e. The van der Waals surface area contributed by atoms with Gasteiger partial charge < -0.3 is 4.57 Å². The van der Waals surface area contributed by atoms with Crippen molar-refractivity contribution in [2.75, 3.05) is 5.75 Å². The van der Waals surface area contributed by atoms with E-state index in [1.807, 2.05) is 11.5 Å². The molecule has 0 aliphatic carbocycles. The summed E-state index contributed by atoms with van der Waals surface area (Å²) in [5, 5.41) is 0. The Kier molecular flexibility index (Phi) is 6.55. The van der Waals surface area contributed by atoms with Crippen molar-refractivity contribution in [3.8, 4) is 0 Å². The van der Waals surface area contributed by atoms with E-state index in [-0.39, 0.29) is 5.56 Å². The molecule has 0 saturated carbocycles. The molecule has 1 rings (SSSR count). The average Bonchev–Trinajstić information content (AvgIpc) is 2.36. The summed E-state index contributed by atoms with van der Waals surface area (Å²) < 4.78 is 1.95. The number of aryl methyl sites for hydroxylation is 1. The maximum absolute atomic E-state index is 12.4. The fourth-order valence-electron chi connectivity index (χ4n) is 1.88. The first-order valence-electron chi connectivity index (χ1n) is 6.95. The zero-order chi connectivity index (χ0) is 13.5. The number of hydrogen-bond donors (Lipinski definition) is 0. The highest BCUT2D eigenvalue weighted by Gasteiger charge is 2.09. The van der Waals surface area contributed by atoms with Gasteiger partial charge in [-0.3, -0.25) is 4.79 Å². The normalized spacial score (nSPS) is 10.9. The van der Waals surface area contributed by atoms with E-state index < -0.39 is 0 Å². The molecule has 0 spiro atoms. The van der Waals surface area contributed by atoms with Crippen LogP contribution in [0.25, 0.3) is 0 Å². The SMILES string of the molecule is CCCCSc1cc(C)c(C)n(CCCC)c1=O. The first kappa shape index (κ1) is 15.4. The fraction of sp³-hybridized carbons (Fsp3) is 0.667. The van der Waals surface area contributed by atoms with Crippen LogP contribution < -0.4 is 5.56 Å². The molecule has 0 aliphatic heterocycles. The number of aromatic nitrogens is 1. The van der Waals surface area contributed by atoms with E-state index in [2.05, 4.69) is 26.8 Å². The highest BCUT2D eigenvalue weighted by Crippen LogP contribution is 2.18. The van der Waals surface area contributed by atoms with E-state index in [1.54, 1.807) is 11.8 Å². The molecular weight excluding hydrogens is 242 g/mol. The third-order valence-electron chi connectivity index (χ3n) is 3.27. The van der Waals surface area contributed by atoms with Gasteiger partial charge >= 0.3 is 0 Å². The lowest BCUT2D eigenvalue weighted by Crippen LogP contribution is -2.24. The van der Waals surface area contributed by atoms with Crippen molar-refractivity contribution < 1.29 is 0 Å². The van der Waals surface area contributed by atoms with Crippen molar-refractivity contribution in [2.24, 2.45) is 0 Å². The Morgan fingerprint density at radius 3 is 2.44 bits per heavy atom. The van der Waals surface area contributed by atoms with E-state index in [0.29, 0.717) is 0 Å². The highest BCUT2D eigenvalue weighted by atomic mass is 32.2. The zero-order valence-corrected chi connectivity index (χ0v) is 12.9. The predicted molar refractivity (Wildman–Crippen MR) is 80.7 cm³/mol. The van der Waals surface area contributed by atoms with Gasteiger partial charge in [0, 0.05) is 12.2 Å². The van der Waals surface area contributed by atoms with E-state index in [4.69, 9.17) is 0 Å². The molecule has 0 bridgehead atoms. The van der Waals surface area contributed by atoms with Gasteiger partial charge in [0.2, 0.25) is 0 Å². The molecular formula is C15H25NOS. The number of hydrogen-bond acceptors (Lipinski definition) is 2. The first-order valence-corrected chi connectivity index (χ1v) is 7.94. The van der Waals surface area contributed by atoms with Crippen molar-refractivity contribution in [3.63, 3.8) is 0 Å². The molecule has 18 heavy (non-hydrogen) atoms. The molecule has 0 radical (unpaired) electrons. The maximum atomic E-state index is 12.4. The number of rotatable bonds is 7. The summed E-state index contributed by atoms with van der Waals surface area (Å²) in [6, 6.07) is 2.06. The smallest absolute Gasteiger partial charge is 0.264 e. The quantitative estimate of drug-likeness (QED) is 0.546. The van der Waals surface area contributed by atoms with Gasteiger partial charge in [-0.2, -0.15) is 0 Å². The monoisotopic (exact) mass is 267 g/mol. The number of thioether (sulfide) groups is 1. The molecule has 3 heteroatoms. The second-order valence-corrected chi connectivity index (χ2v) is 5.93. The molecule has 1 heterocycles. The van der Waals surface area contributed by atoms with Crippen molar-refractivity contribution in [3.05, 3.63) is 27.7 Å². The molecule has 102 valence electrons. The van der Waals surface area contributed by atoms with E-state index in [9.17, 15) is 4.79 Å². The van der Waals surface area contributed by atoms with E-state index in [0.717, 1.165) is 35.7 Å². The molecule has 0 saturated heterocycles. The summed E-state index contributed by atoms with van der Waals surface area (Å²) in [4.78, 5) is 13.3. The molecule has 0 aliphatic rings. The second-order valence-electron chi connectivity index (χ2n) is 4.79. The summed E-state index contributed by atoms with van der Waals surface area (Å²) in [6.07, 6.45) is 4.55. The van der Waals surface area contributed by atoms with Crippen molar-refractivity contribution in [1.82, 2.24) is 4.57 Å². The van der Waals surface area contributed by atoms with Gasteiger partial charge in [0.15, 0.2) is 0 Å². The van der Waals surface area contributed by atoms with Crippen LogP contribution in [-0.4, -0.2) is 10.3 Å². The molecule has 0 amide bonds. The Labute approximate surface area is 115 Å². The second kappa shape index (κ2) is 7.67. The van der Waals surface area contributed by atoms with Gasteiger partial charge in [0.25, 0.3) is 5.56 Å². The van der Waals surface area contributed by atoms with Gasteiger partial charge in [-0.1, -0.05) is 26.7 Å². The van der Waals surface area contributed by atoms with Crippen molar-refractivity contribution >= 4 is 11.8 Å². The van der Waals surface area contributed by atoms with E-state index in [1.165, 1.54) is 18.4 Å². The van der Waals surface area contributed by atoms with Crippen LogP contribution in [-0.2, 0) is 6.54 Å². The van der Waals surface area contributed by atoms with Crippen LogP contribution in [0, 0.1) is 13.8 Å². The minimum Gasteiger partial charge on any atom is -0.312 e. The van der Waals surface area contributed by atoms with Crippen LogP contribution in [0.5, 0.6) is 0 Å². The number of unbranched alkanes of at least 4 members (excludes halogenated alkanes) is 2. The predicted octanol–water partition coefficient (Wildman–Crippen LogP) is 4.16. The zero-order valence-electron chi connectivity index (χ0n) is 12.1.